The first-order valence-corrected chi connectivity index (χ1v) is 6.07. The summed E-state index contributed by atoms with van der Waals surface area (Å²) in [6, 6.07) is 4.36. The van der Waals surface area contributed by atoms with E-state index in [4.69, 9.17) is 0 Å². The van der Waals surface area contributed by atoms with Crippen molar-refractivity contribution in [2.45, 2.75) is 13.8 Å². The van der Waals surface area contributed by atoms with Gasteiger partial charge in [-0.05, 0) is 18.1 Å². The summed E-state index contributed by atoms with van der Waals surface area (Å²) in [6.45, 7) is 4.63. The van der Waals surface area contributed by atoms with Gasteiger partial charge in [-0.1, -0.05) is 13.8 Å². The van der Waals surface area contributed by atoms with Gasteiger partial charge in [0.1, 0.15) is 5.69 Å². The summed E-state index contributed by atoms with van der Waals surface area (Å²) in [5.74, 6) is 0.176. The fraction of sp³-hybridized carbons (Fsp3) is 0.462. The zero-order chi connectivity index (χ0) is 14.6. The lowest BCUT2D eigenvalue weighted by Gasteiger charge is -2.13. The summed E-state index contributed by atoms with van der Waals surface area (Å²) in [4.78, 5) is 23.8. The molecule has 0 aliphatic heterocycles. The monoisotopic (exact) mass is 265 g/mol. The lowest BCUT2D eigenvalue weighted by Crippen LogP contribution is -2.22. The highest BCUT2D eigenvalue weighted by molar-refractivity contribution is 5.95. The van der Waals surface area contributed by atoms with Crippen molar-refractivity contribution in [3.63, 3.8) is 0 Å². The Hall–Kier alpha value is -2.11. The molecule has 0 aromatic heterocycles. The molecule has 1 aromatic carbocycles. The van der Waals surface area contributed by atoms with E-state index in [0.29, 0.717) is 23.7 Å². The van der Waals surface area contributed by atoms with Crippen LogP contribution in [0.15, 0.2) is 18.2 Å². The Morgan fingerprint density at radius 2 is 2.05 bits per heavy atom. The van der Waals surface area contributed by atoms with Gasteiger partial charge in [0.15, 0.2) is 0 Å². The molecule has 0 bridgehead atoms. The summed E-state index contributed by atoms with van der Waals surface area (Å²) in [5.41, 5.74) is 0.796. The summed E-state index contributed by atoms with van der Waals surface area (Å²) >= 11 is 0. The van der Waals surface area contributed by atoms with Gasteiger partial charge in [-0.15, -0.1) is 0 Å². The first kappa shape index (κ1) is 14.9. The second-order valence-corrected chi connectivity index (χ2v) is 4.96. The Bertz CT molecular complexity index is 484. The quantitative estimate of drug-likeness (QED) is 0.655. The predicted octanol–water partition coefficient (Wildman–Crippen LogP) is 2.36. The SMILES string of the molecule is CC(C)CNc1cc(C(=O)N(C)C)ccc1[N+](=O)[O-]. The van der Waals surface area contributed by atoms with Crippen molar-refractivity contribution in [1.82, 2.24) is 4.90 Å². The minimum atomic E-state index is -0.452. The van der Waals surface area contributed by atoms with Crippen LogP contribution in [0.5, 0.6) is 0 Å². The molecule has 1 amide bonds. The average Bonchev–Trinajstić information content (AvgIpc) is 2.34. The van der Waals surface area contributed by atoms with Gasteiger partial charge in [-0.3, -0.25) is 14.9 Å². The molecule has 0 unspecified atom stereocenters. The van der Waals surface area contributed by atoms with Crippen molar-refractivity contribution in [3.8, 4) is 0 Å². The largest absolute Gasteiger partial charge is 0.379 e. The lowest BCUT2D eigenvalue weighted by molar-refractivity contribution is -0.384. The number of anilines is 1. The molecule has 0 aliphatic carbocycles. The molecule has 0 atom stereocenters. The molecule has 1 N–H and O–H groups in total. The molecule has 1 rings (SSSR count). The number of hydrogen-bond donors (Lipinski definition) is 1. The van der Waals surface area contributed by atoms with Crippen molar-refractivity contribution in [1.29, 1.82) is 0 Å². The summed E-state index contributed by atoms with van der Waals surface area (Å²) in [7, 11) is 3.29. The smallest absolute Gasteiger partial charge is 0.292 e. The zero-order valence-corrected chi connectivity index (χ0v) is 11.6. The topological polar surface area (TPSA) is 75.5 Å². The first-order valence-electron chi connectivity index (χ1n) is 6.07. The van der Waals surface area contributed by atoms with Gasteiger partial charge in [-0.25, -0.2) is 0 Å². The van der Waals surface area contributed by atoms with E-state index in [2.05, 4.69) is 5.32 Å². The van der Waals surface area contributed by atoms with Gasteiger partial charge in [0.2, 0.25) is 0 Å². The predicted molar refractivity (Wildman–Crippen MR) is 74.4 cm³/mol. The molecule has 0 radical (unpaired) electrons. The number of nitrogens with one attached hydrogen (secondary N) is 1. The summed E-state index contributed by atoms with van der Waals surface area (Å²) in [5, 5.41) is 14.0. The van der Waals surface area contributed by atoms with Crippen LogP contribution in [0.1, 0.15) is 24.2 Å². The lowest BCUT2D eigenvalue weighted by atomic mass is 10.1. The van der Waals surface area contributed by atoms with Gasteiger partial charge in [-0.2, -0.15) is 0 Å². The maximum Gasteiger partial charge on any atom is 0.292 e. The maximum atomic E-state index is 11.8. The van der Waals surface area contributed by atoms with Crippen molar-refractivity contribution in [2.24, 2.45) is 5.92 Å². The normalized spacial score (nSPS) is 10.4. The van der Waals surface area contributed by atoms with Gasteiger partial charge >= 0.3 is 0 Å². The standard InChI is InChI=1S/C13H19N3O3/c1-9(2)8-14-11-7-10(13(17)15(3)4)5-6-12(11)16(18)19/h5-7,9,14H,8H2,1-4H3. The van der Waals surface area contributed by atoms with E-state index < -0.39 is 4.92 Å². The highest BCUT2D eigenvalue weighted by atomic mass is 16.6. The van der Waals surface area contributed by atoms with Crippen molar-refractivity contribution in [2.75, 3.05) is 26.0 Å². The van der Waals surface area contributed by atoms with Crippen LogP contribution < -0.4 is 5.32 Å². The van der Waals surface area contributed by atoms with Crippen molar-refractivity contribution >= 4 is 17.3 Å². The average molecular weight is 265 g/mol. The van der Waals surface area contributed by atoms with Crippen LogP contribution in [0.25, 0.3) is 0 Å². The molecule has 0 aliphatic rings. The highest BCUT2D eigenvalue weighted by Crippen LogP contribution is 2.26. The third kappa shape index (κ3) is 3.94. The Morgan fingerprint density at radius 1 is 1.42 bits per heavy atom. The zero-order valence-electron chi connectivity index (χ0n) is 11.6. The van der Waals surface area contributed by atoms with Crippen LogP contribution in [0.4, 0.5) is 11.4 Å². The molecule has 6 heteroatoms. The Morgan fingerprint density at radius 3 is 2.53 bits per heavy atom. The number of benzene rings is 1. The maximum absolute atomic E-state index is 11.8. The van der Waals surface area contributed by atoms with Crippen LogP contribution in [0.3, 0.4) is 0 Å². The minimum Gasteiger partial charge on any atom is -0.379 e. The molecule has 104 valence electrons. The van der Waals surface area contributed by atoms with Gasteiger partial charge < -0.3 is 10.2 Å². The number of rotatable bonds is 5. The third-order valence-electron chi connectivity index (χ3n) is 2.55. The van der Waals surface area contributed by atoms with E-state index in [0.717, 1.165) is 0 Å². The molecule has 0 heterocycles. The van der Waals surface area contributed by atoms with Gasteiger partial charge in [0.05, 0.1) is 4.92 Å². The van der Waals surface area contributed by atoms with Crippen molar-refractivity contribution < 1.29 is 9.72 Å². The second-order valence-electron chi connectivity index (χ2n) is 4.96. The molecule has 0 saturated carbocycles. The van der Waals surface area contributed by atoms with Crippen LogP contribution in [-0.2, 0) is 0 Å². The van der Waals surface area contributed by atoms with Gasteiger partial charge in [0.25, 0.3) is 11.6 Å². The Labute approximate surface area is 112 Å². The van der Waals surface area contributed by atoms with Gasteiger partial charge in [0, 0.05) is 32.3 Å². The second kappa shape index (κ2) is 6.17. The van der Waals surface area contributed by atoms with E-state index in [1.165, 1.54) is 23.1 Å². The van der Waals surface area contributed by atoms with Crippen LogP contribution in [0.2, 0.25) is 0 Å². The Kier molecular flexibility index (Phi) is 4.86. The van der Waals surface area contributed by atoms with E-state index in [1.807, 2.05) is 13.8 Å². The highest BCUT2D eigenvalue weighted by Gasteiger charge is 2.17. The number of carbonyl (C=O) groups excluding carboxylic acids is 1. The summed E-state index contributed by atoms with van der Waals surface area (Å²) < 4.78 is 0. The van der Waals surface area contributed by atoms with Crippen molar-refractivity contribution in [3.05, 3.63) is 33.9 Å². The fourth-order valence-electron chi connectivity index (χ4n) is 1.54. The Balaban J connectivity index is 3.10. The number of amides is 1. The molecule has 6 nitrogen and oxygen atoms in total. The molecule has 0 spiro atoms. The van der Waals surface area contributed by atoms with Crippen LogP contribution in [0, 0.1) is 16.0 Å². The molecule has 0 fully saturated rings. The summed E-state index contributed by atoms with van der Waals surface area (Å²) in [6.07, 6.45) is 0. The first-order chi connectivity index (χ1) is 8.82. The van der Waals surface area contributed by atoms with Crippen LogP contribution >= 0.6 is 0 Å². The molecule has 19 heavy (non-hydrogen) atoms. The number of nitro groups is 1. The molecule has 0 saturated heterocycles. The van der Waals surface area contributed by atoms with E-state index >= 15 is 0 Å². The number of hydrogen-bond acceptors (Lipinski definition) is 4. The fourth-order valence-corrected chi connectivity index (χ4v) is 1.54. The van der Waals surface area contributed by atoms with E-state index in [1.54, 1.807) is 14.1 Å². The molecule has 1 aromatic rings. The molecular weight excluding hydrogens is 246 g/mol. The van der Waals surface area contributed by atoms with Crippen LogP contribution in [-0.4, -0.2) is 36.4 Å². The minimum absolute atomic E-state index is 0.0176. The molecular formula is C13H19N3O3. The number of nitro benzene ring substituents is 1. The third-order valence-corrected chi connectivity index (χ3v) is 2.55. The van der Waals surface area contributed by atoms with E-state index in [-0.39, 0.29) is 11.6 Å². The number of nitrogens with zero attached hydrogens (tertiary/aromatic N) is 2. The number of carbonyl (C=O) groups is 1. The van der Waals surface area contributed by atoms with E-state index in [9.17, 15) is 14.9 Å².